The number of fused-ring (bicyclic) bond motifs is 1. The third-order valence-electron chi connectivity index (χ3n) is 7.01. The molecular formula is C23H31N5O2S2. The number of aryl methyl sites for hydroxylation is 1. The summed E-state index contributed by atoms with van der Waals surface area (Å²) in [6.45, 7) is 4.84. The molecule has 9 heteroatoms. The second-order valence-electron chi connectivity index (χ2n) is 9.21. The normalized spacial score (nSPS) is 21.0. The van der Waals surface area contributed by atoms with Crippen molar-refractivity contribution in [2.24, 2.45) is 18.9 Å². The van der Waals surface area contributed by atoms with E-state index < -0.39 is 0 Å². The minimum atomic E-state index is 0.107. The monoisotopic (exact) mass is 473 g/mol. The molecule has 1 saturated carbocycles. The molecule has 5 rings (SSSR count). The van der Waals surface area contributed by atoms with Gasteiger partial charge in [0.2, 0.25) is 11.8 Å². The van der Waals surface area contributed by atoms with E-state index >= 15 is 0 Å². The molecule has 0 spiro atoms. The molecule has 32 heavy (non-hydrogen) atoms. The third kappa shape index (κ3) is 4.46. The Bertz CT molecular complexity index is 1000. The van der Waals surface area contributed by atoms with Gasteiger partial charge < -0.3 is 14.4 Å². The zero-order valence-corrected chi connectivity index (χ0v) is 20.5. The van der Waals surface area contributed by atoms with Gasteiger partial charge in [0.05, 0.1) is 10.6 Å². The number of rotatable bonds is 6. The van der Waals surface area contributed by atoms with Crippen LogP contribution in [0.25, 0.3) is 10.7 Å². The zero-order chi connectivity index (χ0) is 22.2. The summed E-state index contributed by atoms with van der Waals surface area (Å²) in [6, 6.07) is 2.30. The van der Waals surface area contributed by atoms with Gasteiger partial charge in [-0.1, -0.05) is 25.1 Å². The van der Waals surface area contributed by atoms with Crippen LogP contribution in [0.4, 0.5) is 0 Å². The van der Waals surface area contributed by atoms with Gasteiger partial charge in [-0.3, -0.25) is 9.59 Å². The predicted octanol–water partition coefficient (Wildman–Crippen LogP) is 3.23. The molecule has 0 N–H and O–H groups in total. The maximum atomic E-state index is 12.7. The second kappa shape index (κ2) is 9.17. The number of amides is 2. The van der Waals surface area contributed by atoms with E-state index in [9.17, 15) is 9.59 Å². The van der Waals surface area contributed by atoms with Crippen molar-refractivity contribution in [1.82, 2.24) is 24.6 Å². The quantitative estimate of drug-likeness (QED) is 0.603. The van der Waals surface area contributed by atoms with E-state index in [1.54, 1.807) is 0 Å². The molecule has 0 bridgehead atoms. The highest BCUT2D eigenvalue weighted by Crippen LogP contribution is 2.38. The number of hydrogen-bond acceptors (Lipinski definition) is 6. The predicted molar refractivity (Wildman–Crippen MR) is 127 cm³/mol. The van der Waals surface area contributed by atoms with Gasteiger partial charge in [-0.05, 0) is 49.7 Å². The van der Waals surface area contributed by atoms with Gasteiger partial charge in [0.1, 0.15) is 0 Å². The Morgan fingerprint density at radius 2 is 1.88 bits per heavy atom. The van der Waals surface area contributed by atoms with Crippen LogP contribution in [0, 0.1) is 11.8 Å². The van der Waals surface area contributed by atoms with Gasteiger partial charge >= 0.3 is 0 Å². The van der Waals surface area contributed by atoms with Crippen LogP contribution in [0.3, 0.4) is 0 Å². The Hall–Kier alpha value is -1.87. The number of carbonyl (C=O) groups excluding carboxylic acids is 2. The van der Waals surface area contributed by atoms with Gasteiger partial charge in [-0.2, -0.15) is 0 Å². The van der Waals surface area contributed by atoms with Crippen molar-refractivity contribution < 1.29 is 9.59 Å². The number of thioether (sulfide) groups is 1. The van der Waals surface area contributed by atoms with E-state index in [1.807, 2.05) is 32.8 Å². The van der Waals surface area contributed by atoms with Crippen molar-refractivity contribution in [3.63, 3.8) is 0 Å². The van der Waals surface area contributed by atoms with Gasteiger partial charge in [0.25, 0.3) is 0 Å². The van der Waals surface area contributed by atoms with E-state index in [2.05, 4.69) is 23.2 Å². The van der Waals surface area contributed by atoms with Crippen LogP contribution in [-0.2, 0) is 29.5 Å². The summed E-state index contributed by atoms with van der Waals surface area (Å²) in [6.07, 6.45) is 6.94. The van der Waals surface area contributed by atoms with Gasteiger partial charge in [-0.15, -0.1) is 21.5 Å². The van der Waals surface area contributed by atoms with Crippen LogP contribution in [0.15, 0.2) is 11.2 Å². The number of aromatic nitrogens is 3. The smallest absolute Gasteiger partial charge is 0.233 e. The molecule has 2 aromatic heterocycles. The maximum Gasteiger partial charge on any atom is 0.233 e. The summed E-state index contributed by atoms with van der Waals surface area (Å²) in [5, 5.41) is 9.58. The lowest BCUT2D eigenvalue weighted by Crippen LogP contribution is -2.51. The van der Waals surface area contributed by atoms with Crippen molar-refractivity contribution in [3.05, 3.63) is 16.5 Å². The molecule has 1 unspecified atom stereocenters. The van der Waals surface area contributed by atoms with Crippen LogP contribution < -0.4 is 0 Å². The Kier molecular flexibility index (Phi) is 6.29. The highest BCUT2D eigenvalue weighted by molar-refractivity contribution is 7.99. The summed E-state index contributed by atoms with van der Waals surface area (Å²) in [4.78, 5) is 31.4. The van der Waals surface area contributed by atoms with Gasteiger partial charge in [-0.25, -0.2) is 0 Å². The first-order valence-corrected chi connectivity index (χ1v) is 13.5. The fourth-order valence-corrected chi connectivity index (χ4v) is 6.74. The SMILES string of the molecule is CCC1CCc2sc(-c3nnc(SCC(=O)N4CCN(C(=O)C5CC5)CC4)n3C)cc2C1. The fraction of sp³-hybridized carbons (Fsp3) is 0.652. The molecule has 1 aliphatic heterocycles. The summed E-state index contributed by atoms with van der Waals surface area (Å²) in [7, 11) is 1.98. The number of piperazine rings is 1. The molecule has 1 saturated heterocycles. The Balaban J connectivity index is 1.17. The first-order valence-electron chi connectivity index (χ1n) is 11.7. The maximum absolute atomic E-state index is 12.7. The van der Waals surface area contributed by atoms with Gasteiger partial charge in [0.15, 0.2) is 11.0 Å². The Morgan fingerprint density at radius 3 is 2.59 bits per heavy atom. The molecule has 2 aromatic rings. The number of hydrogen-bond donors (Lipinski definition) is 0. The highest BCUT2D eigenvalue weighted by Gasteiger charge is 2.35. The molecule has 7 nitrogen and oxygen atoms in total. The number of thiophene rings is 1. The fourth-order valence-electron chi connectivity index (χ4n) is 4.70. The standard InChI is InChI=1S/C23H31N5O2S2/c1-3-15-4-7-18-17(12-15)13-19(32-18)21-24-25-23(26(21)2)31-14-20(29)27-8-10-28(11-9-27)22(30)16-5-6-16/h13,15-16H,3-12,14H2,1-2H3. The molecule has 2 fully saturated rings. The van der Waals surface area contributed by atoms with Crippen molar-refractivity contribution in [2.45, 2.75) is 50.6 Å². The molecular weight excluding hydrogens is 442 g/mol. The first kappa shape index (κ1) is 21.9. The minimum Gasteiger partial charge on any atom is -0.339 e. The van der Waals surface area contributed by atoms with Crippen molar-refractivity contribution in [3.8, 4) is 10.7 Å². The molecule has 172 valence electrons. The van der Waals surface area contributed by atoms with E-state index in [0.717, 1.165) is 29.7 Å². The molecule has 1 atom stereocenters. The summed E-state index contributed by atoms with van der Waals surface area (Å²) >= 11 is 3.29. The summed E-state index contributed by atoms with van der Waals surface area (Å²) < 4.78 is 2.01. The molecule has 0 radical (unpaired) electrons. The third-order valence-corrected chi connectivity index (χ3v) is 9.25. The second-order valence-corrected chi connectivity index (χ2v) is 11.3. The first-order chi connectivity index (χ1) is 15.5. The summed E-state index contributed by atoms with van der Waals surface area (Å²) in [5.74, 6) is 2.67. The summed E-state index contributed by atoms with van der Waals surface area (Å²) in [5.41, 5.74) is 1.48. The van der Waals surface area contributed by atoms with E-state index in [1.165, 1.54) is 52.8 Å². The molecule has 2 amide bonds. The topological polar surface area (TPSA) is 71.3 Å². The lowest BCUT2D eigenvalue weighted by atomic mass is 9.87. The molecule has 3 aliphatic rings. The van der Waals surface area contributed by atoms with E-state index in [4.69, 9.17) is 0 Å². The molecule has 0 aromatic carbocycles. The van der Waals surface area contributed by atoms with Crippen LogP contribution in [0.2, 0.25) is 0 Å². The van der Waals surface area contributed by atoms with E-state index in [-0.39, 0.29) is 17.7 Å². The van der Waals surface area contributed by atoms with Crippen molar-refractivity contribution in [2.75, 3.05) is 31.9 Å². The lowest BCUT2D eigenvalue weighted by molar-refractivity contribution is -0.139. The van der Waals surface area contributed by atoms with Crippen molar-refractivity contribution in [1.29, 1.82) is 0 Å². The van der Waals surface area contributed by atoms with Crippen molar-refractivity contribution >= 4 is 34.9 Å². The van der Waals surface area contributed by atoms with Gasteiger partial charge in [0, 0.05) is 44.0 Å². The Labute approximate surface area is 197 Å². The minimum absolute atomic E-state index is 0.107. The van der Waals surface area contributed by atoms with Crippen LogP contribution in [-0.4, -0.2) is 68.3 Å². The highest BCUT2D eigenvalue weighted by atomic mass is 32.2. The van der Waals surface area contributed by atoms with Crippen LogP contribution in [0.5, 0.6) is 0 Å². The average Bonchev–Trinajstić information content (AvgIpc) is 3.49. The van der Waals surface area contributed by atoms with E-state index in [0.29, 0.717) is 31.9 Å². The lowest BCUT2D eigenvalue weighted by Gasteiger charge is -2.34. The molecule has 2 aliphatic carbocycles. The zero-order valence-electron chi connectivity index (χ0n) is 18.9. The number of nitrogens with zero attached hydrogens (tertiary/aromatic N) is 5. The van der Waals surface area contributed by atoms with Crippen LogP contribution >= 0.6 is 23.1 Å². The largest absolute Gasteiger partial charge is 0.339 e. The number of carbonyl (C=O) groups is 2. The van der Waals surface area contributed by atoms with Crippen LogP contribution in [0.1, 0.15) is 43.0 Å². The average molecular weight is 474 g/mol. The Morgan fingerprint density at radius 1 is 1.12 bits per heavy atom. The molecule has 3 heterocycles.